The number of anilines is 4. The van der Waals surface area contributed by atoms with Gasteiger partial charge >= 0.3 is 0 Å². The molecule has 0 radical (unpaired) electrons. The van der Waals surface area contributed by atoms with Gasteiger partial charge in [0.05, 0.1) is 33.9 Å². The molecule has 0 saturated heterocycles. The molecule has 0 spiro atoms. The Balaban J connectivity index is 1.97. The number of nitrogens with two attached hydrogens (primary N) is 3. The molecule has 0 bridgehead atoms. The van der Waals surface area contributed by atoms with Crippen molar-refractivity contribution >= 4 is 45.9 Å². The Hall–Kier alpha value is -4.43. The molecule has 33 heavy (non-hydrogen) atoms. The van der Waals surface area contributed by atoms with Crippen molar-refractivity contribution in [1.82, 2.24) is 24.5 Å². The molecule has 166 valence electrons. The number of nitrogen functional groups attached to an aromatic ring is 3. The SMILES string of the molecule is CCC(Nc1nc(N)nc(N)c1C#N)c1nc2cccc(Cl)c2c(=O)n1-c1ccc(N)nc1. The largest absolute Gasteiger partial charge is 0.384 e. The zero-order valence-corrected chi connectivity index (χ0v) is 18.2. The third-order valence-corrected chi connectivity index (χ3v) is 5.31. The van der Waals surface area contributed by atoms with E-state index in [0.717, 1.165) is 0 Å². The molecule has 7 N–H and O–H groups in total. The second-order valence-electron chi connectivity index (χ2n) is 7.09. The van der Waals surface area contributed by atoms with Crippen molar-refractivity contribution in [3.8, 4) is 11.8 Å². The highest BCUT2D eigenvalue weighted by Gasteiger charge is 2.23. The Morgan fingerprint density at radius 1 is 1.18 bits per heavy atom. The van der Waals surface area contributed by atoms with Gasteiger partial charge in [-0.05, 0) is 30.7 Å². The molecule has 0 amide bonds. The van der Waals surface area contributed by atoms with E-state index in [2.05, 4.69) is 20.3 Å². The van der Waals surface area contributed by atoms with Crippen molar-refractivity contribution in [2.24, 2.45) is 0 Å². The van der Waals surface area contributed by atoms with E-state index in [4.69, 9.17) is 33.8 Å². The first-order chi connectivity index (χ1) is 15.8. The van der Waals surface area contributed by atoms with E-state index in [1.165, 1.54) is 10.8 Å². The predicted molar refractivity (Wildman–Crippen MR) is 127 cm³/mol. The average molecular weight is 463 g/mol. The van der Waals surface area contributed by atoms with Gasteiger partial charge in [0.25, 0.3) is 5.56 Å². The summed E-state index contributed by atoms with van der Waals surface area (Å²) in [7, 11) is 0. The van der Waals surface area contributed by atoms with Crippen molar-refractivity contribution in [1.29, 1.82) is 5.26 Å². The highest BCUT2D eigenvalue weighted by molar-refractivity contribution is 6.35. The average Bonchev–Trinajstić information content (AvgIpc) is 2.78. The van der Waals surface area contributed by atoms with Crippen LogP contribution in [0.3, 0.4) is 0 Å². The Morgan fingerprint density at radius 3 is 2.64 bits per heavy atom. The second kappa shape index (κ2) is 8.60. The Kier molecular flexibility index (Phi) is 5.68. The molecule has 1 atom stereocenters. The van der Waals surface area contributed by atoms with Gasteiger partial charge < -0.3 is 22.5 Å². The summed E-state index contributed by atoms with van der Waals surface area (Å²) < 4.78 is 1.40. The number of nitrogens with one attached hydrogen (secondary N) is 1. The minimum absolute atomic E-state index is 0.0366. The molecule has 11 nitrogen and oxygen atoms in total. The molecule has 0 aliphatic heterocycles. The van der Waals surface area contributed by atoms with E-state index < -0.39 is 6.04 Å². The van der Waals surface area contributed by atoms with Crippen molar-refractivity contribution < 1.29 is 0 Å². The molecule has 0 fully saturated rings. The molecule has 12 heteroatoms. The predicted octanol–water partition coefficient (Wildman–Crippen LogP) is 2.41. The van der Waals surface area contributed by atoms with Crippen LogP contribution in [-0.4, -0.2) is 24.5 Å². The van der Waals surface area contributed by atoms with E-state index >= 15 is 0 Å². The maximum Gasteiger partial charge on any atom is 0.267 e. The van der Waals surface area contributed by atoms with Crippen molar-refractivity contribution in [3.63, 3.8) is 0 Å². The van der Waals surface area contributed by atoms with Crippen LogP contribution in [0.15, 0.2) is 41.3 Å². The van der Waals surface area contributed by atoms with Crippen LogP contribution in [0.1, 0.15) is 30.8 Å². The summed E-state index contributed by atoms with van der Waals surface area (Å²) in [5.41, 5.74) is 17.8. The van der Waals surface area contributed by atoms with E-state index in [1.54, 1.807) is 30.3 Å². The van der Waals surface area contributed by atoms with Gasteiger partial charge in [0.2, 0.25) is 5.95 Å². The van der Waals surface area contributed by atoms with Crippen LogP contribution >= 0.6 is 11.6 Å². The first-order valence-electron chi connectivity index (χ1n) is 9.86. The Bertz CT molecular complexity index is 1460. The Morgan fingerprint density at radius 2 is 1.97 bits per heavy atom. The van der Waals surface area contributed by atoms with E-state index in [1.807, 2.05) is 13.0 Å². The molecule has 4 rings (SSSR count). The number of fused-ring (bicyclic) bond motifs is 1. The molecule has 4 aromatic rings. The van der Waals surface area contributed by atoms with Crippen molar-refractivity contribution in [2.75, 3.05) is 22.5 Å². The van der Waals surface area contributed by atoms with Crippen LogP contribution in [-0.2, 0) is 0 Å². The molecule has 0 aliphatic rings. The monoisotopic (exact) mass is 462 g/mol. The first kappa shape index (κ1) is 21.8. The van der Waals surface area contributed by atoms with Gasteiger partial charge in [-0.3, -0.25) is 9.36 Å². The third kappa shape index (κ3) is 3.95. The Labute approximate surface area is 192 Å². The van der Waals surface area contributed by atoms with Gasteiger partial charge in [0.15, 0.2) is 5.82 Å². The summed E-state index contributed by atoms with van der Waals surface area (Å²) in [5, 5.41) is 13.2. The van der Waals surface area contributed by atoms with Gasteiger partial charge in [-0.1, -0.05) is 24.6 Å². The number of nitrogens with zero attached hydrogens (tertiary/aromatic N) is 6. The van der Waals surface area contributed by atoms with E-state index in [-0.39, 0.29) is 39.1 Å². The summed E-state index contributed by atoms with van der Waals surface area (Å²) in [6.45, 7) is 1.89. The first-order valence-corrected chi connectivity index (χ1v) is 10.2. The van der Waals surface area contributed by atoms with Crippen molar-refractivity contribution in [3.05, 3.63) is 63.3 Å². The lowest BCUT2D eigenvalue weighted by Gasteiger charge is -2.22. The van der Waals surface area contributed by atoms with Crippen LogP contribution in [0, 0.1) is 11.3 Å². The molecule has 0 aliphatic carbocycles. The maximum atomic E-state index is 13.6. The zero-order chi connectivity index (χ0) is 23.7. The molecule has 3 heterocycles. The van der Waals surface area contributed by atoms with Gasteiger partial charge in [-0.15, -0.1) is 0 Å². The quantitative estimate of drug-likeness (QED) is 0.342. The smallest absolute Gasteiger partial charge is 0.267 e. The fraction of sp³-hybridized carbons (Fsp3) is 0.143. The van der Waals surface area contributed by atoms with Crippen LogP contribution in [0.25, 0.3) is 16.6 Å². The molecule has 3 aromatic heterocycles. The molecule has 1 aromatic carbocycles. The molecular formula is C21H19ClN10O. The van der Waals surface area contributed by atoms with Crippen LogP contribution in [0.2, 0.25) is 5.02 Å². The number of benzene rings is 1. The maximum absolute atomic E-state index is 13.6. The van der Waals surface area contributed by atoms with Crippen LogP contribution in [0.5, 0.6) is 0 Å². The highest BCUT2D eigenvalue weighted by atomic mass is 35.5. The minimum Gasteiger partial charge on any atom is -0.384 e. The second-order valence-corrected chi connectivity index (χ2v) is 7.50. The molecule has 1 unspecified atom stereocenters. The molecule has 0 saturated carbocycles. The van der Waals surface area contributed by atoms with Gasteiger partial charge in [-0.2, -0.15) is 15.2 Å². The summed E-state index contributed by atoms with van der Waals surface area (Å²) in [4.78, 5) is 30.4. The van der Waals surface area contributed by atoms with Gasteiger partial charge in [0.1, 0.15) is 29.1 Å². The minimum atomic E-state index is -0.570. The number of nitriles is 1. The normalized spacial score (nSPS) is 11.8. The zero-order valence-electron chi connectivity index (χ0n) is 17.5. The number of hydrogen-bond acceptors (Lipinski definition) is 10. The van der Waals surface area contributed by atoms with Crippen molar-refractivity contribution in [2.45, 2.75) is 19.4 Å². The third-order valence-electron chi connectivity index (χ3n) is 5.00. The van der Waals surface area contributed by atoms with Crippen LogP contribution < -0.4 is 28.1 Å². The summed E-state index contributed by atoms with van der Waals surface area (Å²) in [5.74, 6) is 0.638. The van der Waals surface area contributed by atoms with Gasteiger partial charge in [0, 0.05) is 0 Å². The lowest BCUT2D eigenvalue weighted by atomic mass is 10.1. The summed E-state index contributed by atoms with van der Waals surface area (Å²) in [6, 6.07) is 9.68. The number of aromatic nitrogens is 5. The standard InChI is InChI=1S/C21H19ClN10O/c1-2-13(28-18-11(8-23)17(25)30-21(26)31-18)19-29-14-5-3-4-12(22)16(14)20(33)32(19)10-6-7-15(24)27-9-10/h3-7,9,13H,2H2,1H3,(H2,24,27)(H5,25,26,28,30,31). The van der Waals surface area contributed by atoms with Crippen LogP contribution in [0.4, 0.5) is 23.4 Å². The van der Waals surface area contributed by atoms with E-state index in [9.17, 15) is 10.1 Å². The number of halogens is 1. The highest BCUT2D eigenvalue weighted by Crippen LogP contribution is 2.28. The molecular weight excluding hydrogens is 444 g/mol. The fourth-order valence-electron chi connectivity index (χ4n) is 3.44. The summed E-state index contributed by atoms with van der Waals surface area (Å²) in [6.07, 6.45) is 1.94. The number of rotatable bonds is 5. The van der Waals surface area contributed by atoms with E-state index in [0.29, 0.717) is 29.3 Å². The van der Waals surface area contributed by atoms with Gasteiger partial charge in [-0.25, -0.2) is 9.97 Å². The lowest BCUT2D eigenvalue weighted by Crippen LogP contribution is -2.29. The summed E-state index contributed by atoms with van der Waals surface area (Å²) >= 11 is 6.33. The number of pyridine rings is 1. The fourth-order valence-corrected chi connectivity index (χ4v) is 3.70. The lowest BCUT2D eigenvalue weighted by molar-refractivity contribution is 0.657. The number of hydrogen-bond donors (Lipinski definition) is 4. The topological polar surface area (TPSA) is 187 Å².